The average Bonchev–Trinajstić information content (AvgIpc) is 2.19. The first-order chi connectivity index (χ1) is 6.36. The lowest BCUT2D eigenvalue weighted by atomic mass is 10.1. The van der Waals surface area contributed by atoms with Gasteiger partial charge in [0.25, 0.3) is 0 Å². The molecule has 0 saturated carbocycles. The van der Waals surface area contributed by atoms with E-state index < -0.39 is 0 Å². The summed E-state index contributed by atoms with van der Waals surface area (Å²) in [4.78, 5) is 11.1. The summed E-state index contributed by atoms with van der Waals surface area (Å²) >= 11 is 1.72. The number of carbonyl (C=O) groups excluding carboxylic acids is 1. The summed E-state index contributed by atoms with van der Waals surface area (Å²) < 4.78 is 0. The molecule has 0 amide bonds. The Balaban J connectivity index is 2.19. The van der Waals surface area contributed by atoms with Gasteiger partial charge in [0.1, 0.15) is 0 Å². The Morgan fingerprint density at radius 2 is 2.00 bits per heavy atom. The summed E-state index contributed by atoms with van der Waals surface area (Å²) in [5.41, 5.74) is 1.24. The smallest absolute Gasteiger partial charge is 0.157 e. The highest BCUT2D eigenvalue weighted by molar-refractivity contribution is 8.02. The van der Waals surface area contributed by atoms with Gasteiger partial charge in [-0.25, -0.2) is 0 Å². The van der Waals surface area contributed by atoms with E-state index in [1.807, 2.05) is 23.6 Å². The van der Waals surface area contributed by atoms with Crippen LogP contribution in [0, 0.1) is 0 Å². The fraction of sp³-hybridized carbons (Fsp3) is 0.182. The second kappa shape index (κ2) is 3.79. The quantitative estimate of drug-likeness (QED) is 0.677. The van der Waals surface area contributed by atoms with E-state index in [9.17, 15) is 4.79 Å². The van der Waals surface area contributed by atoms with E-state index in [0.717, 1.165) is 0 Å². The first-order valence-electron chi connectivity index (χ1n) is 4.26. The van der Waals surface area contributed by atoms with Crippen LogP contribution >= 0.6 is 11.8 Å². The highest BCUT2D eigenvalue weighted by Crippen LogP contribution is 2.35. The van der Waals surface area contributed by atoms with Crippen LogP contribution in [-0.4, -0.2) is 5.78 Å². The molecule has 0 saturated heterocycles. The van der Waals surface area contributed by atoms with Gasteiger partial charge in [-0.15, -0.1) is 11.8 Å². The van der Waals surface area contributed by atoms with Crippen molar-refractivity contribution in [3.8, 4) is 0 Å². The Morgan fingerprint density at radius 1 is 1.23 bits per heavy atom. The van der Waals surface area contributed by atoms with Gasteiger partial charge in [0.15, 0.2) is 5.78 Å². The molecule has 1 atom stereocenters. The molecule has 0 N–H and O–H groups in total. The molecule has 2 heteroatoms. The number of allylic oxidation sites excluding steroid dienone is 1. The minimum atomic E-state index is 0.229. The van der Waals surface area contributed by atoms with E-state index >= 15 is 0 Å². The maximum Gasteiger partial charge on any atom is 0.157 e. The SMILES string of the molecule is O=C1C=CSC(c2ccccc2)C1. The van der Waals surface area contributed by atoms with Crippen molar-refractivity contribution in [3.05, 3.63) is 47.4 Å². The maximum atomic E-state index is 11.1. The Bertz CT molecular complexity index is 329. The van der Waals surface area contributed by atoms with Crippen molar-refractivity contribution in [1.29, 1.82) is 0 Å². The molecule has 1 aliphatic rings. The summed E-state index contributed by atoms with van der Waals surface area (Å²) in [6.45, 7) is 0. The molecule has 13 heavy (non-hydrogen) atoms. The predicted molar refractivity (Wildman–Crippen MR) is 55.5 cm³/mol. The van der Waals surface area contributed by atoms with E-state index in [0.29, 0.717) is 11.7 Å². The fourth-order valence-electron chi connectivity index (χ4n) is 1.37. The van der Waals surface area contributed by atoms with Gasteiger partial charge in [-0.3, -0.25) is 4.79 Å². The summed E-state index contributed by atoms with van der Waals surface area (Å²) in [6, 6.07) is 10.2. The molecule has 66 valence electrons. The number of benzene rings is 1. The fourth-order valence-corrected chi connectivity index (χ4v) is 2.37. The van der Waals surface area contributed by atoms with Gasteiger partial charge in [-0.1, -0.05) is 30.3 Å². The van der Waals surface area contributed by atoms with Crippen molar-refractivity contribution < 1.29 is 4.79 Å². The summed E-state index contributed by atoms with van der Waals surface area (Å²) in [6.07, 6.45) is 2.29. The normalized spacial score (nSPS) is 21.8. The van der Waals surface area contributed by atoms with Crippen molar-refractivity contribution in [1.82, 2.24) is 0 Å². The van der Waals surface area contributed by atoms with Crippen LogP contribution in [0.3, 0.4) is 0 Å². The van der Waals surface area contributed by atoms with Crippen LogP contribution in [0.2, 0.25) is 0 Å². The third-order valence-electron chi connectivity index (χ3n) is 2.05. The zero-order chi connectivity index (χ0) is 9.10. The third kappa shape index (κ3) is 2.01. The topological polar surface area (TPSA) is 17.1 Å². The standard InChI is InChI=1S/C11H10OS/c12-10-6-7-13-11(8-10)9-4-2-1-3-5-9/h1-7,11H,8H2. The molecule has 0 spiro atoms. The molecule has 0 bridgehead atoms. The molecule has 1 heterocycles. The van der Waals surface area contributed by atoms with Gasteiger partial charge in [-0.05, 0) is 17.0 Å². The molecule has 2 rings (SSSR count). The minimum Gasteiger partial charge on any atom is -0.295 e. The number of thioether (sulfide) groups is 1. The highest BCUT2D eigenvalue weighted by atomic mass is 32.2. The number of hydrogen-bond acceptors (Lipinski definition) is 2. The van der Waals surface area contributed by atoms with Crippen molar-refractivity contribution in [3.63, 3.8) is 0 Å². The lowest BCUT2D eigenvalue weighted by Crippen LogP contribution is -2.04. The molecule has 0 aliphatic carbocycles. The summed E-state index contributed by atoms with van der Waals surface area (Å²) in [7, 11) is 0. The largest absolute Gasteiger partial charge is 0.295 e. The van der Waals surface area contributed by atoms with Crippen LogP contribution in [0.1, 0.15) is 17.2 Å². The monoisotopic (exact) mass is 190 g/mol. The Kier molecular flexibility index (Phi) is 2.50. The number of hydrogen-bond donors (Lipinski definition) is 0. The molecule has 1 aliphatic heterocycles. The van der Waals surface area contributed by atoms with Gasteiger partial charge in [0.05, 0.1) is 0 Å². The minimum absolute atomic E-state index is 0.229. The van der Waals surface area contributed by atoms with Crippen LogP contribution in [0.4, 0.5) is 0 Å². The molecule has 1 aromatic carbocycles. The lowest BCUT2D eigenvalue weighted by molar-refractivity contribution is -0.114. The summed E-state index contributed by atoms with van der Waals surface area (Å²) in [5.74, 6) is 0.229. The molecule has 0 radical (unpaired) electrons. The average molecular weight is 190 g/mol. The van der Waals surface area contributed by atoms with Crippen molar-refractivity contribution in [2.45, 2.75) is 11.7 Å². The second-order valence-corrected chi connectivity index (χ2v) is 4.12. The van der Waals surface area contributed by atoms with Crippen LogP contribution in [0.15, 0.2) is 41.8 Å². The molecular weight excluding hydrogens is 180 g/mol. The van der Waals surface area contributed by atoms with E-state index in [1.54, 1.807) is 17.8 Å². The molecular formula is C11H10OS. The van der Waals surface area contributed by atoms with Gasteiger partial charge in [-0.2, -0.15) is 0 Å². The van der Waals surface area contributed by atoms with Crippen molar-refractivity contribution in [2.75, 3.05) is 0 Å². The van der Waals surface area contributed by atoms with Crippen LogP contribution < -0.4 is 0 Å². The number of rotatable bonds is 1. The first-order valence-corrected chi connectivity index (χ1v) is 5.20. The summed E-state index contributed by atoms with van der Waals surface area (Å²) in [5, 5.41) is 2.21. The van der Waals surface area contributed by atoms with E-state index in [-0.39, 0.29) is 5.78 Å². The van der Waals surface area contributed by atoms with Crippen molar-refractivity contribution in [2.24, 2.45) is 0 Å². The van der Waals surface area contributed by atoms with Gasteiger partial charge in [0, 0.05) is 11.7 Å². The molecule has 1 aromatic rings. The van der Waals surface area contributed by atoms with E-state index in [4.69, 9.17) is 0 Å². The number of ketones is 1. The molecule has 1 nitrogen and oxygen atoms in total. The van der Waals surface area contributed by atoms with Crippen LogP contribution in [-0.2, 0) is 4.79 Å². The Labute approximate surface area is 81.8 Å². The maximum absolute atomic E-state index is 11.1. The third-order valence-corrected chi connectivity index (χ3v) is 3.12. The van der Waals surface area contributed by atoms with Crippen molar-refractivity contribution >= 4 is 17.5 Å². The van der Waals surface area contributed by atoms with Gasteiger partial charge < -0.3 is 0 Å². The zero-order valence-electron chi connectivity index (χ0n) is 7.14. The van der Waals surface area contributed by atoms with Gasteiger partial charge >= 0.3 is 0 Å². The zero-order valence-corrected chi connectivity index (χ0v) is 7.96. The number of carbonyl (C=O) groups is 1. The first kappa shape index (κ1) is 8.57. The molecule has 1 unspecified atom stereocenters. The van der Waals surface area contributed by atoms with Crippen LogP contribution in [0.5, 0.6) is 0 Å². The van der Waals surface area contributed by atoms with E-state index in [1.165, 1.54) is 5.56 Å². The highest BCUT2D eigenvalue weighted by Gasteiger charge is 2.17. The second-order valence-electron chi connectivity index (χ2n) is 3.01. The lowest BCUT2D eigenvalue weighted by Gasteiger charge is -2.16. The van der Waals surface area contributed by atoms with E-state index in [2.05, 4.69) is 12.1 Å². The Morgan fingerprint density at radius 3 is 2.69 bits per heavy atom. The van der Waals surface area contributed by atoms with Gasteiger partial charge in [0.2, 0.25) is 0 Å². The predicted octanol–water partition coefficient (Wildman–Crippen LogP) is 2.95. The Hall–Kier alpha value is -1.02. The molecule has 0 aromatic heterocycles. The molecule has 0 fully saturated rings. The van der Waals surface area contributed by atoms with Crippen LogP contribution in [0.25, 0.3) is 0 Å².